The van der Waals surface area contributed by atoms with Crippen LogP contribution in [-0.4, -0.2) is 107 Å². The van der Waals surface area contributed by atoms with E-state index < -0.39 is 11.7 Å². The number of hydrogen-bond donors (Lipinski definition) is 5. The summed E-state index contributed by atoms with van der Waals surface area (Å²) in [6.07, 6.45) is 2.37. The summed E-state index contributed by atoms with van der Waals surface area (Å²) in [5.41, 5.74) is 5.16. The molecule has 0 saturated carbocycles. The summed E-state index contributed by atoms with van der Waals surface area (Å²) in [6.45, 7) is 7.45. The van der Waals surface area contributed by atoms with E-state index in [0.29, 0.717) is 91.0 Å². The number of nitrogens with one attached hydrogen (secondary N) is 5. The Balaban J connectivity index is 0.000000189. The van der Waals surface area contributed by atoms with Crippen molar-refractivity contribution in [3.63, 3.8) is 0 Å². The van der Waals surface area contributed by atoms with Gasteiger partial charge in [0.2, 0.25) is 0 Å². The Morgan fingerprint density at radius 3 is 1.80 bits per heavy atom. The lowest BCUT2D eigenvalue weighted by Crippen LogP contribution is -2.34. The number of amides is 3. The van der Waals surface area contributed by atoms with Crippen LogP contribution < -0.4 is 41.0 Å². The van der Waals surface area contributed by atoms with Crippen molar-refractivity contribution in [2.75, 3.05) is 75.5 Å². The standard InChI is InChI=1S/C23H28N6O5.C18H20N6O3/c1-23(2,3)34-22(31)28(4)15-11-18-26-19-14(7-6-8-17(19)32-5)13-33-10-9-24-21(30)16-12-25-20(15)29(16)27-18;1-19-12-8-15-22-16-11(4-3-5-14(16)26-2)10-27-7-6-20-18(25)13-9-21-17(12)24(13)23-15/h6-8,11-12H,9-10,13H2,1-5H3,(H,24,30)(H,26,27);3-5,8-9,19H,6-7,10H2,1-2H3,(H,20,25)(H,22,23). The van der Waals surface area contributed by atoms with Crippen LogP contribution in [0.3, 0.4) is 0 Å². The lowest BCUT2D eigenvalue weighted by molar-refractivity contribution is 0.0589. The summed E-state index contributed by atoms with van der Waals surface area (Å²) in [5, 5.41) is 24.5. The predicted octanol–water partition coefficient (Wildman–Crippen LogP) is 4.90. The molecule has 0 spiro atoms. The molecule has 20 nitrogen and oxygen atoms in total. The van der Waals surface area contributed by atoms with Crippen molar-refractivity contribution in [2.45, 2.75) is 39.6 Å². The molecule has 320 valence electrons. The van der Waals surface area contributed by atoms with Gasteiger partial charge in [0.05, 0.1) is 75.8 Å². The number of rotatable bonds is 4. The number of benzene rings is 2. The molecule has 0 saturated heterocycles. The number of carbonyl (C=O) groups is 3. The highest BCUT2D eigenvalue weighted by Gasteiger charge is 2.26. The Labute approximate surface area is 350 Å². The van der Waals surface area contributed by atoms with Gasteiger partial charge in [0, 0.05) is 50.4 Å². The molecule has 0 radical (unpaired) electrons. The lowest BCUT2D eigenvalue weighted by atomic mass is 10.1. The minimum absolute atomic E-state index is 0.219. The Morgan fingerprint density at radius 1 is 0.787 bits per heavy atom. The maximum atomic E-state index is 12.8. The number of methoxy groups -OCH3 is 2. The molecule has 6 heterocycles. The second-order valence-corrected chi connectivity index (χ2v) is 14.8. The molecule has 0 aliphatic carbocycles. The van der Waals surface area contributed by atoms with Crippen molar-refractivity contribution < 1.29 is 38.1 Å². The maximum Gasteiger partial charge on any atom is 0.414 e. The van der Waals surface area contributed by atoms with Gasteiger partial charge in [-0.15, -0.1) is 10.2 Å². The Bertz CT molecular complexity index is 2580. The number of aromatic nitrogens is 6. The van der Waals surface area contributed by atoms with Crippen molar-refractivity contribution in [3.8, 4) is 11.5 Å². The van der Waals surface area contributed by atoms with E-state index in [-0.39, 0.29) is 17.5 Å². The quantitative estimate of drug-likeness (QED) is 0.160. The molecule has 3 amide bonds. The van der Waals surface area contributed by atoms with Crippen molar-refractivity contribution >= 4 is 63.6 Å². The largest absolute Gasteiger partial charge is 0.495 e. The van der Waals surface area contributed by atoms with E-state index >= 15 is 0 Å². The summed E-state index contributed by atoms with van der Waals surface area (Å²) < 4.78 is 31.0. The SMILES string of the molecule is CNc1cc2nn3c(cnc13)C(=O)NCCOCc1cccc(OC)c1N2.COc1cccc2c1Nc1cc(N(C)C(=O)OC(C)(C)C)c3ncc(n3n1)C(=O)NCCOC2. The molecular weight excluding hydrogens is 789 g/mol. The molecule has 20 heteroatoms. The molecule has 4 bridgehead atoms. The topological polar surface area (TPSA) is 221 Å². The van der Waals surface area contributed by atoms with E-state index in [1.54, 1.807) is 55.2 Å². The van der Waals surface area contributed by atoms with Crippen LogP contribution in [0.2, 0.25) is 0 Å². The molecule has 6 aromatic rings. The zero-order chi connectivity index (χ0) is 43.3. The third-order valence-electron chi connectivity index (χ3n) is 9.43. The van der Waals surface area contributed by atoms with Gasteiger partial charge in [0.25, 0.3) is 11.8 Å². The van der Waals surface area contributed by atoms with Crippen LogP contribution in [-0.2, 0) is 27.4 Å². The number of ether oxygens (including phenoxy) is 5. The average Bonchev–Trinajstić information content (AvgIpc) is 3.87. The second-order valence-electron chi connectivity index (χ2n) is 14.8. The summed E-state index contributed by atoms with van der Waals surface area (Å²) in [7, 11) is 6.57. The Morgan fingerprint density at radius 2 is 1.30 bits per heavy atom. The average molecular weight is 837 g/mol. The third-order valence-corrected chi connectivity index (χ3v) is 9.43. The lowest BCUT2D eigenvalue weighted by Gasteiger charge is -2.25. The molecule has 2 aromatic carbocycles. The number of nitrogens with zero attached hydrogens (tertiary/aromatic N) is 7. The summed E-state index contributed by atoms with van der Waals surface area (Å²) >= 11 is 0. The van der Waals surface area contributed by atoms with Crippen LogP contribution in [0.1, 0.15) is 52.9 Å². The summed E-state index contributed by atoms with van der Waals surface area (Å²) in [5.74, 6) is 1.57. The van der Waals surface area contributed by atoms with Gasteiger partial charge in [0.1, 0.15) is 17.1 Å². The van der Waals surface area contributed by atoms with E-state index in [9.17, 15) is 14.4 Å². The molecule has 61 heavy (non-hydrogen) atoms. The summed E-state index contributed by atoms with van der Waals surface area (Å²) in [6, 6.07) is 14.9. The number of hydrogen-bond acceptors (Lipinski definition) is 15. The number of anilines is 6. The van der Waals surface area contributed by atoms with Crippen molar-refractivity contribution in [2.24, 2.45) is 0 Å². The fourth-order valence-electron chi connectivity index (χ4n) is 6.50. The van der Waals surface area contributed by atoms with Crippen LogP contribution in [0.25, 0.3) is 11.3 Å². The Kier molecular flexibility index (Phi) is 12.4. The van der Waals surface area contributed by atoms with E-state index in [0.717, 1.165) is 22.5 Å². The maximum absolute atomic E-state index is 12.8. The van der Waals surface area contributed by atoms with Crippen LogP contribution in [0, 0.1) is 0 Å². The number of imidazole rings is 2. The van der Waals surface area contributed by atoms with Gasteiger partial charge in [-0.1, -0.05) is 24.3 Å². The fourth-order valence-corrected chi connectivity index (χ4v) is 6.50. The second kappa shape index (κ2) is 18.0. The summed E-state index contributed by atoms with van der Waals surface area (Å²) in [4.78, 5) is 48.2. The van der Waals surface area contributed by atoms with Gasteiger partial charge >= 0.3 is 6.09 Å². The predicted molar refractivity (Wildman–Crippen MR) is 227 cm³/mol. The van der Waals surface area contributed by atoms with Gasteiger partial charge in [-0.25, -0.2) is 23.8 Å². The first-order chi connectivity index (χ1) is 29.4. The highest BCUT2D eigenvalue weighted by Crippen LogP contribution is 2.35. The van der Waals surface area contributed by atoms with E-state index in [4.69, 9.17) is 23.7 Å². The van der Waals surface area contributed by atoms with Crippen molar-refractivity contribution in [1.29, 1.82) is 0 Å². The molecule has 0 unspecified atom stereocenters. The van der Waals surface area contributed by atoms with Gasteiger partial charge in [-0.3, -0.25) is 14.5 Å². The molecule has 4 aromatic heterocycles. The fraction of sp³-hybridized carbons (Fsp3) is 0.341. The van der Waals surface area contributed by atoms with Crippen LogP contribution in [0.4, 0.5) is 39.2 Å². The van der Waals surface area contributed by atoms with Crippen molar-refractivity contribution in [3.05, 3.63) is 83.4 Å². The zero-order valence-electron chi connectivity index (χ0n) is 34.9. The number of fused-ring (bicyclic) bond motifs is 4. The molecule has 2 aliphatic rings. The first-order valence-corrected chi connectivity index (χ1v) is 19.4. The molecule has 5 N–H and O–H groups in total. The van der Waals surface area contributed by atoms with E-state index in [1.807, 2.05) is 42.5 Å². The molecule has 8 rings (SSSR count). The minimum Gasteiger partial charge on any atom is -0.495 e. The normalized spacial score (nSPS) is 14.3. The highest BCUT2D eigenvalue weighted by atomic mass is 16.6. The number of para-hydroxylation sites is 2. The molecular formula is C41H48N12O8. The van der Waals surface area contributed by atoms with Gasteiger partial charge in [-0.05, 0) is 32.9 Å². The van der Waals surface area contributed by atoms with Gasteiger partial charge in [0.15, 0.2) is 34.3 Å². The molecule has 0 atom stereocenters. The van der Waals surface area contributed by atoms with Crippen molar-refractivity contribution in [1.82, 2.24) is 39.8 Å². The Hall–Kier alpha value is -7.19. The van der Waals surface area contributed by atoms with E-state index in [1.165, 1.54) is 26.3 Å². The first kappa shape index (κ1) is 42.0. The van der Waals surface area contributed by atoms with Crippen LogP contribution in [0.5, 0.6) is 11.5 Å². The third kappa shape index (κ3) is 9.19. The van der Waals surface area contributed by atoms with Gasteiger partial charge in [-0.2, -0.15) is 0 Å². The number of carbonyl (C=O) groups excluding carboxylic acids is 3. The smallest absolute Gasteiger partial charge is 0.414 e. The highest BCUT2D eigenvalue weighted by molar-refractivity contribution is 5.97. The first-order valence-electron chi connectivity index (χ1n) is 19.4. The molecule has 2 aliphatic heterocycles. The zero-order valence-corrected chi connectivity index (χ0v) is 34.9. The van der Waals surface area contributed by atoms with Crippen LogP contribution in [0.15, 0.2) is 60.9 Å². The van der Waals surface area contributed by atoms with Crippen LogP contribution >= 0.6 is 0 Å². The minimum atomic E-state index is -0.683. The monoisotopic (exact) mass is 836 g/mol. The van der Waals surface area contributed by atoms with E-state index in [2.05, 4.69) is 46.7 Å². The van der Waals surface area contributed by atoms with Gasteiger partial charge < -0.3 is 50.3 Å². The molecule has 0 fully saturated rings.